The number of amides is 1. The van der Waals surface area contributed by atoms with Crippen LogP contribution in [-0.2, 0) is 11.2 Å². The van der Waals surface area contributed by atoms with E-state index in [0.717, 1.165) is 36.4 Å². The number of carbonyl (C=O) groups excluding carboxylic acids is 1. The van der Waals surface area contributed by atoms with Gasteiger partial charge in [-0.05, 0) is 53.8 Å². The zero-order chi connectivity index (χ0) is 19.9. The van der Waals surface area contributed by atoms with Crippen LogP contribution in [0.2, 0.25) is 0 Å². The minimum atomic E-state index is -0.438. The minimum absolute atomic E-state index is 0.180. The molecule has 0 aliphatic carbocycles. The Morgan fingerprint density at radius 2 is 1.96 bits per heavy atom. The molecule has 1 saturated heterocycles. The maximum atomic E-state index is 14.9. The van der Waals surface area contributed by atoms with Gasteiger partial charge >= 0.3 is 0 Å². The van der Waals surface area contributed by atoms with E-state index in [9.17, 15) is 9.18 Å². The molecular weight excluding hydrogens is 357 g/mol. The number of anilines is 2. The first-order valence-electron chi connectivity index (χ1n) is 9.66. The largest absolute Gasteiger partial charge is 0.378 e. The van der Waals surface area contributed by atoms with Crippen molar-refractivity contribution in [1.82, 2.24) is 0 Å². The van der Waals surface area contributed by atoms with Gasteiger partial charge in [-0.2, -0.15) is 0 Å². The first-order valence-corrected chi connectivity index (χ1v) is 9.66. The van der Waals surface area contributed by atoms with Gasteiger partial charge in [-0.25, -0.2) is 4.39 Å². The predicted octanol–water partition coefficient (Wildman–Crippen LogP) is 3.50. The second-order valence-electron chi connectivity index (χ2n) is 8.28. The third kappa shape index (κ3) is 3.44. The molecule has 2 aromatic rings. The molecule has 6 heteroatoms. The molecule has 0 aromatic heterocycles. The molecule has 0 spiro atoms. The minimum Gasteiger partial charge on any atom is -0.378 e. The summed E-state index contributed by atoms with van der Waals surface area (Å²) in [5, 5.41) is 3.51. The van der Waals surface area contributed by atoms with E-state index in [1.165, 1.54) is 0 Å². The Labute approximate surface area is 164 Å². The molecule has 148 valence electrons. The lowest BCUT2D eigenvalue weighted by molar-refractivity contribution is 0.1000. The third-order valence-electron chi connectivity index (χ3n) is 5.78. The SMILES string of the molecule is CC1(C)Cc2cc(C(N)=O)ccc2NC1c1cc(N2CCOCC2)ccc1F. The monoisotopic (exact) mass is 383 g/mol. The fourth-order valence-corrected chi connectivity index (χ4v) is 4.25. The van der Waals surface area contributed by atoms with Gasteiger partial charge in [0.2, 0.25) is 5.91 Å². The summed E-state index contributed by atoms with van der Waals surface area (Å²) in [4.78, 5) is 13.7. The van der Waals surface area contributed by atoms with Gasteiger partial charge < -0.3 is 20.7 Å². The van der Waals surface area contributed by atoms with E-state index in [4.69, 9.17) is 10.5 Å². The number of nitrogens with zero attached hydrogens (tertiary/aromatic N) is 1. The second kappa shape index (κ2) is 7.09. The van der Waals surface area contributed by atoms with Gasteiger partial charge in [0.15, 0.2) is 0 Å². The summed E-state index contributed by atoms with van der Waals surface area (Å²) < 4.78 is 20.3. The van der Waals surface area contributed by atoms with E-state index in [2.05, 4.69) is 24.1 Å². The molecule has 5 nitrogen and oxygen atoms in total. The van der Waals surface area contributed by atoms with Gasteiger partial charge in [-0.3, -0.25) is 4.79 Å². The van der Waals surface area contributed by atoms with Crippen LogP contribution in [0.5, 0.6) is 0 Å². The van der Waals surface area contributed by atoms with Crippen molar-refractivity contribution in [2.75, 3.05) is 36.5 Å². The standard InChI is InChI=1S/C22H26FN3O2/c1-22(2)13-15-11-14(21(24)27)3-6-19(15)25-20(22)17-12-16(4-5-18(17)23)26-7-9-28-10-8-26/h3-6,11-12,20,25H,7-10,13H2,1-2H3,(H2,24,27). The predicted molar refractivity (Wildman–Crippen MR) is 108 cm³/mol. The molecule has 0 radical (unpaired) electrons. The fourth-order valence-electron chi connectivity index (χ4n) is 4.25. The Kier molecular flexibility index (Phi) is 4.75. The summed E-state index contributed by atoms with van der Waals surface area (Å²) >= 11 is 0. The van der Waals surface area contributed by atoms with Crippen molar-refractivity contribution in [3.63, 3.8) is 0 Å². The molecule has 3 N–H and O–H groups in total. The van der Waals surface area contributed by atoms with Crippen LogP contribution in [0.3, 0.4) is 0 Å². The summed E-state index contributed by atoms with van der Waals surface area (Å²) in [5.41, 5.74) is 9.31. The molecule has 1 unspecified atom stereocenters. The van der Waals surface area contributed by atoms with Gasteiger partial charge in [0.05, 0.1) is 19.3 Å². The fraction of sp³-hybridized carbons (Fsp3) is 0.409. The molecule has 2 heterocycles. The lowest BCUT2D eigenvalue weighted by Gasteiger charge is -2.42. The zero-order valence-corrected chi connectivity index (χ0v) is 16.3. The number of ether oxygens (including phenoxy) is 1. The Balaban J connectivity index is 1.69. The number of morpholine rings is 1. The number of hydrogen-bond acceptors (Lipinski definition) is 4. The molecule has 1 atom stereocenters. The Hall–Kier alpha value is -2.60. The van der Waals surface area contributed by atoms with Crippen LogP contribution in [0, 0.1) is 11.2 Å². The van der Waals surface area contributed by atoms with E-state index in [1.807, 2.05) is 24.3 Å². The normalized spacial score (nSPS) is 21.0. The van der Waals surface area contributed by atoms with Gasteiger partial charge in [0, 0.05) is 35.6 Å². The molecule has 2 aliphatic rings. The molecule has 1 amide bonds. The quantitative estimate of drug-likeness (QED) is 0.851. The maximum Gasteiger partial charge on any atom is 0.248 e. The van der Waals surface area contributed by atoms with Crippen molar-refractivity contribution in [3.8, 4) is 0 Å². The van der Waals surface area contributed by atoms with E-state index >= 15 is 0 Å². The van der Waals surface area contributed by atoms with Crippen molar-refractivity contribution in [3.05, 3.63) is 58.9 Å². The van der Waals surface area contributed by atoms with Crippen LogP contribution in [-0.4, -0.2) is 32.2 Å². The van der Waals surface area contributed by atoms with Crippen molar-refractivity contribution in [2.24, 2.45) is 11.1 Å². The van der Waals surface area contributed by atoms with Gasteiger partial charge in [-0.15, -0.1) is 0 Å². The van der Waals surface area contributed by atoms with Crippen molar-refractivity contribution in [2.45, 2.75) is 26.3 Å². The number of primary amides is 1. The number of nitrogens with two attached hydrogens (primary N) is 1. The van der Waals surface area contributed by atoms with Crippen LogP contribution in [0.1, 0.15) is 41.4 Å². The molecule has 2 aliphatic heterocycles. The van der Waals surface area contributed by atoms with Crippen molar-refractivity contribution in [1.29, 1.82) is 0 Å². The van der Waals surface area contributed by atoms with E-state index in [0.29, 0.717) is 24.3 Å². The molecule has 1 fully saturated rings. The van der Waals surface area contributed by atoms with E-state index in [1.54, 1.807) is 12.1 Å². The Morgan fingerprint density at radius 1 is 1.21 bits per heavy atom. The van der Waals surface area contributed by atoms with Crippen LogP contribution in [0.25, 0.3) is 0 Å². The van der Waals surface area contributed by atoms with Crippen molar-refractivity contribution >= 4 is 17.3 Å². The van der Waals surface area contributed by atoms with E-state index in [-0.39, 0.29) is 17.3 Å². The molecule has 28 heavy (non-hydrogen) atoms. The molecule has 4 rings (SSSR count). The smallest absolute Gasteiger partial charge is 0.248 e. The zero-order valence-electron chi connectivity index (χ0n) is 16.3. The number of rotatable bonds is 3. The average molecular weight is 383 g/mol. The Bertz CT molecular complexity index is 907. The topological polar surface area (TPSA) is 67.6 Å². The molecule has 2 aromatic carbocycles. The molecule has 0 bridgehead atoms. The number of hydrogen-bond donors (Lipinski definition) is 2. The second-order valence-corrected chi connectivity index (χ2v) is 8.28. The highest BCUT2D eigenvalue weighted by Gasteiger charge is 2.37. The molecular formula is C22H26FN3O2. The Morgan fingerprint density at radius 3 is 2.68 bits per heavy atom. The number of carbonyl (C=O) groups is 1. The van der Waals surface area contributed by atoms with Gasteiger partial charge in [0.25, 0.3) is 0 Å². The number of nitrogens with one attached hydrogen (secondary N) is 1. The van der Waals surface area contributed by atoms with Crippen LogP contribution >= 0.6 is 0 Å². The highest BCUT2D eigenvalue weighted by molar-refractivity contribution is 5.93. The summed E-state index contributed by atoms with van der Waals surface area (Å²) in [6.45, 7) is 7.23. The highest BCUT2D eigenvalue weighted by atomic mass is 19.1. The maximum absolute atomic E-state index is 14.9. The summed E-state index contributed by atoms with van der Waals surface area (Å²) in [6, 6.07) is 10.6. The summed E-state index contributed by atoms with van der Waals surface area (Å²) in [7, 11) is 0. The number of halogens is 1. The third-order valence-corrected chi connectivity index (χ3v) is 5.78. The van der Waals surface area contributed by atoms with Crippen molar-refractivity contribution < 1.29 is 13.9 Å². The van der Waals surface area contributed by atoms with Crippen LogP contribution < -0.4 is 16.0 Å². The molecule has 0 saturated carbocycles. The van der Waals surface area contributed by atoms with Gasteiger partial charge in [0.1, 0.15) is 5.82 Å². The average Bonchev–Trinajstić information content (AvgIpc) is 2.67. The first kappa shape index (κ1) is 18.7. The first-order chi connectivity index (χ1) is 13.3. The van der Waals surface area contributed by atoms with E-state index < -0.39 is 5.91 Å². The van der Waals surface area contributed by atoms with Gasteiger partial charge in [-0.1, -0.05) is 13.8 Å². The van der Waals surface area contributed by atoms with Crippen LogP contribution in [0.15, 0.2) is 36.4 Å². The number of fused-ring (bicyclic) bond motifs is 1. The summed E-state index contributed by atoms with van der Waals surface area (Å²) in [5.74, 6) is -0.647. The summed E-state index contributed by atoms with van der Waals surface area (Å²) in [6.07, 6.45) is 0.725. The lowest BCUT2D eigenvalue weighted by Crippen LogP contribution is -2.37. The number of benzene rings is 2. The highest BCUT2D eigenvalue weighted by Crippen LogP contribution is 2.46. The van der Waals surface area contributed by atoms with Crippen LogP contribution in [0.4, 0.5) is 15.8 Å². The lowest BCUT2D eigenvalue weighted by atomic mass is 9.72.